The molecule has 0 radical (unpaired) electrons. The van der Waals surface area contributed by atoms with Crippen molar-refractivity contribution in [3.05, 3.63) is 63.4 Å². The molecular weight excluding hydrogens is 289 g/mol. The number of carboxylic acid groups (broad SMARTS) is 1. The predicted octanol–water partition coefficient (Wildman–Crippen LogP) is 3.32. The van der Waals surface area contributed by atoms with Crippen LogP contribution in [0.4, 0.5) is 0 Å². The number of rotatable bonds is 3. The number of halogens is 2. The van der Waals surface area contributed by atoms with E-state index >= 15 is 0 Å². The molecule has 0 spiro atoms. The van der Waals surface area contributed by atoms with Crippen molar-refractivity contribution in [1.29, 1.82) is 0 Å². The third-order valence-corrected chi connectivity index (χ3v) is 3.08. The van der Waals surface area contributed by atoms with Crippen LogP contribution in [0.3, 0.4) is 0 Å². The first kappa shape index (κ1) is 13.5. The molecule has 0 fully saturated rings. The molecule has 96 valence electrons. The van der Waals surface area contributed by atoms with Gasteiger partial charge in [0.1, 0.15) is 5.15 Å². The van der Waals surface area contributed by atoms with Crippen molar-refractivity contribution in [1.82, 2.24) is 4.98 Å². The van der Waals surface area contributed by atoms with Gasteiger partial charge in [0, 0.05) is 11.8 Å². The van der Waals surface area contributed by atoms with Gasteiger partial charge in [-0.3, -0.25) is 4.79 Å². The van der Waals surface area contributed by atoms with Gasteiger partial charge >= 0.3 is 5.97 Å². The number of hydrogen-bond acceptors (Lipinski definition) is 3. The van der Waals surface area contributed by atoms with Gasteiger partial charge < -0.3 is 5.11 Å². The van der Waals surface area contributed by atoms with E-state index in [1.807, 2.05) is 0 Å². The molecule has 1 heterocycles. The average molecular weight is 296 g/mol. The van der Waals surface area contributed by atoms with Crippen molar-refractivity contribution in [2.75, 3.05) is 0 Å². The molecule has 0 atom stereocenters. The number of aromatic carboxylic acids is 1. The zero-order chi connectivity index (χ0) is 14.0. The Morgan fingerprint density at radius 1 is 1.11 bits per heavy atom. The maximum atomic E-state index is 12.2. The summed E-state index contributed by atoms with van der Waals surface area (Å²) in [4.78, 5) is 26.8. The molecule has 0 aliphatic carbocycles. The van der Waals surface area contributed by atoms with E-state index in [0.29, 0.717) is 0 Å². The lowest BCUT2D eigenvalue weighted by Crippen LogP contribution is -2.05. The number of nitrogens with zero attached hydrogens (tertiary/aromatic N) is 1. The van der Waals surface area contributed by atoms with Crippen molar-refractivity contribution >= 4 is 35.0 Å². The number of benzene rings is 1. The smallest absolute Gasteiger partial charge is 0.337 e. The summed E-state index contributed by atoms with van der Waals surface area (Å²) in [6.07, 6.45) is 1.47. The van der Waals surface area contributed by atoms with Gasteiger partial charge in [0.25, 0.3) is 0 Å². The summed E-state index contributed by atoms with van der Waals surface area (Å²) in [6, 6.07) is 7.10. The van der Waals surface area contributed by atoms with Crippen LogP contribution in [0.2, 0.25) is 10.2 Å². The largest absolute Gasteiger partial charge is 0.478 e. The third-order valence-electron chi connectivity index (χ3n) is 2.47. The number of carbonyl (C=O) groups is 2. The highest BCUT2D eigenvalue weighted by Crippen LogP contribution is 2.22. The van der Waals surface area contributed by atoms with E-state index < -0.39 is 5.97 Å². The van der Waals surface area contributed by atoms with Crippen molar-refractivity contribution < 1.29 is 14.7 Å². The molecular formula is C13H7Cl2NO3. The first-order valence-corrected chi connectivity index (χ1v) is 5.94. The molecule has 1 N–H and O–H groups in total. The van der Waals surface area contributed by atoms with Crippen LogP contribution in [-0.2, 0) is 0 Å². The molecule has 19 heavy (non-hydrogen) atoms. The van der Waals surface area contributed by atoms with Gasteiger partial charge in [-0.05, 0) is 24.3 Å². The molecule has 2 aromatic rings. The van der Waals surface area contributed by atoms with Gasteiger partial charge in [0.2, 0.25) is 0 Å². The van der Waals surface area contributed by atoms with Crippen molar-refractivity contribution in [2.45, 2.75) is 0 Å². The standard InChI is InChI=1S/C13H7Cl2NO3/c14-10-6-7(3-4-8(10)13(18)19)11(17)9-2-1-5-16-12(9)15/h1-6H,(H,18,19). The fraction of sp³-hybridized carbons (Fsp3) is 0. The van der Waals surface area contributed by atoms with Gasteiger partial charge in [-0.15, -0.1) is 0 Å². The van der Waals surface area contributed by atoms with Crippen LogP contribution < -0.4 is 0 Å². The van der Waals surface area contributed by atoms with E-state index in [-0.39, 0.29) is 32.6 Å². The summed E-state index contributed by atoms with van der Waals surface area (Å²) in [5.41, 5.74) is 0.434. The molecule has 0 amide bonds. The number of carboxylic acids is 1. The lowest BCUT2D eigenvalue weighted by atomic mass is 10.0. The Balaban J connectivity index is 2.43. The Morgan fingerprint density at radius 3 is 2.42 bits per heavy atom. The minimum Gasteiger partial charge on any atom is -0.478 e. The van der Waals surface area contributed by atoms with E-state index in [1.165, 1.54) is 30.5 Å². The number of ketones is 1. The molecule has 0 saturated heterocycles. The van der Waals surface area contributed by atoms with Crippen LogP contribution in [0.1, 0.15) is 26.3 Å². The summed E-state index contributed by atoms with van der Waals surface area (Å²) < 4.78 is 0. The van der Waals surface area contributed by atoms with Gasteiger partial charge in [-0.1, -0.05) is 29.3 Å². The topological polar surface area (TPSA) is 67.3 Å². The number of aromatic nitrogens is 1. The molecule has 0 aliphatic rings. The van der Waals surface area contributed by atoms with Gasteiger partial charge in [-0.2, -0.15) is 0 Å². The quantitative estimate of drug-likeness (QED) is 0.697. The van der Waals surface area contributed by atoms with Crippen molar-refractivity contribution in [3.8, 4) is 0 Å². The minimum absolute atomic E-state index is 0.00152. The third kappa shape index (κ3) is 2.75. The number of carbonyl (C=O) groups excluding carboxylic acids is 1. The average Bonchev–Trinajstić information content (AvgIpc) is 2.38. The monoisotopic (exact) mass is 295 g/mol. The van der Waals surface area contributed by atoms with Gasteiger partial charge in [-0.25, -0.2) is 9.78 Å². The highest BCUT2D eigenvalue weighted by Gasteiger charge is 2.16. The maximum Gasteiger partial charge on any atom is 0.337 e. The molecule has 1 aromatic carbocycles. The molecule has 1 aromatic heterocycles. The SMILES string of the molecule is O=C(O)c1ccc(C(=O)c2cccnc2Cl)cc1Cl. The second-order valence-electron chi connectivity index (χ2n) is 3.67. The Hall–Kier alpha value is -1.91. The predicted molar refractivity (Wildman–Crippen MR) is 71.1 cm³/mol. The fourth-order valence-corrected chi connectivity index (χ4v) is 2.01. The van der Waals surface area contributed by atoms with E-state index in [1.54, 1.807) is 6.07 Å². The molecule has 0 aliphatic heterocycles. The van der Waals surface area contributed by atoms with Gasteiger partial charge in [0.05, 0.1) is 16.1 Å². The lowest BCUT2D eigenvalue weighted by molar-refractivity contribution is 0.0696. The summed E-state index contributed by atoms with van der Waals surface area (Å²) >= 11 is 11.6. The molecule has 0 unspecified atom stereocenters. The van der Waals surface area contributed by atoms with Gasteiger partial charge in [0.15, 0.2) is 5.78 Å². The van der Waals surface area contributed by atoms with Crippen LogP contribution in [0.5, 0.6) is 0 Å². The Labute approximate surface area is 118 Å². The first-order valence-electron chi connectivity index (χ1n) is 5.19. The fourth-order valence-electron chi connectivity index (χ4n) is 1.54. The maximum absolute atomic E-state index is 12.2. The summed E-state index contributed by atoms with van der Waals surface area (Å²) in [6.45, 7) is 0. The van der Waals surface area contributed by atoms with Crippen LogP contribution in [0, 0.1) is 0 Å². The molecule has 0 saturated carbocycles. The summed E-state index contributed by atoms with van der Waals surface area (Å²) in [7, 11) is 0. The van der Waals surface area contributed by atoms with E-state index in [9.17, 15) is 9.59 Å². The van der Waals surface area contributed by atoms with Crippen molar-refractivity contribution in [2.24, 2.45) is 0 Å². The molecule has 6 heteroatoms. The highest BCUT2D eigenvalue weighted by molar-refractivity contribution is 6.35. The Morgan fingerprint density at radius 2 is 1.84 bits per heavy atom. The first-order chi connectivity index (χ1) is 9.00. The van der Waals surface area contributed by atoms with E-state index in [2.05, 4.69) is 4.98 Å². The zero-order valence-corrected chi connectivity index (χ0v) is 10.9. The van der Waals surface area contributed by atoms with Crippen LogP contribution in [0.25, 0.3) is 0 Å². The second kappa shape index (κ2) is 5.38. The van der Waals surface area contributed by atoms with Crippen LogP contribution in [-0.4, -0.2) is 21.8 Å². The summed E-state index contributed by atoms with van der Waals surface area (Å²) in [5.74, 6) is -1.51. The van der Waals surface area contributed by atoms with E-state index in [4.69, 9.17) is 28.3 Å². The van der Waals surface area contributed by atoms with Crippen LogP contribution in [0.15, 0.2) is 36.5 Å². The minimum atomic E-state index is -1.15. The van der Waals surface area contributed by atoms with Crippen LogP contribution >= 0.6 is 23.2 Å². The second-order valence-corrected chi connectivity index (χ2v) is 4.44. The number of hydrogen-bond donors (Lipinski definition) is 1. The Bertz CT molecular complexity index is 671. The zero-order valence-electron chi connectivity index (χ0n) is 9.43. The number of pyridine rings is 1. The molecule has 2 rings (SSSR count). The van der Waals surface area contributed by atoms with E-state index in [0.717, 1.165) is 0 Å². The normalized spacial score (nSPS) is 10.2. The highest BCUT2D eigenvalue weighted by atomic mass is 35.5. The Kier molecular flexibility index (Phi) is 3.83. The molecule has 4 nitrogen and oxygen atoms in total. The summed E-state index contributed by atoms with van der Waals surface area (Å²) in [5, 5.41) is 8.94. The lowest BCUT2D eigenvalue weighted by Gasteiger charge is -2.05. The molecule has 0 bridgehead atoms. The van der Waals surface area contributed by atoms with Crippen molar-refractivity contribution in [3.63, 3.8) is 0 Å².